The fraction of sp³-hybridized carbons (Fsp3) is 0.357. The molecule has 0 saturated heterocycles. The average Bonchev–Trinajstić information content (AvgIpc) is 2.32. The summed E-state index contributed by atoms with van der Waals surface area (Å²) in [7, 11) is 0. The molecule has 0 atom stereocenters. The number of rotatable bonds is 4. The van der Waals surface area contributed by atoms with Crippen LogP contribution in [0.3, 0.4) is 0 Å². The van der Waals surface area contributed by atoms with E-state index in [1.165, 1.54) is 6.42 Å². The summed E-state index contributed by atoms with van der Waals surface area (Å²) in [5, 5.41) is 5.60. The van der Waals surface area contributed by atoms with Gasteiger partial charge in [0.2, 0.25) is 0 Å². The van der Waals surface area contributed by atoms with Crippen molar-refractivity contribution in [3.05, 3.63) is 30.0 Å². The maximum atomic E-state index is 6.03. The summed E-state index contributed by atoms with van der Waals surface area (Å²) in [4.78, 5) is 4.45. The van der Waals surface area contributed by atoms with Gasteiger partial charge in [0.05, 0.1) is 0 Å². The maximum Gasteiger partial charge on any atom is 0.133 e. The van der Waals surface area contributed by atoms with Gasteiger partial charge in [-0.25, -0.2) is 4.98 Å². The number of unbranched alkanes of at least 4 members (excludes halogenated alkanes) is 1. The number of benzene rings is 1. The van der Waals surface area contributed by atoms with E-state index in [0.29, 0.717) is 0 Å². The zero-order valence-electron chi connectivity index (χ0n) is 10.5. The molecule has 3 nitrogen and oxygen atoms in total. The van der Waals surface area contributed by atoms with Crippen LogP contribution in [0.1, 0.15) is 25.3 Å². The van der Waals surface area contributed by atoms with Gasteiger partial charge in [-0.1, -0.05) is 25.5 Å². The quantitative estimate of drug-likeness (QED) is 0.624. The fourth-order valence-electron chi connectivity index (χ4n) is 2.03. The highest BCUT2D eigenvalue weighted by molar-refractivity contribution is 6.01. The molecule has 3 heteroatoms. The second-order valence-corrected chi connectivity index (χ2v) is 4.34. The van der Waals surface area contributed by atoms with Crippen LogP contribution >= 0.6 is 0 Å². The van der Waals surface area contributed by atoms with Gasteiger partial charge < -0.3 is 11.1 Å². The molecule has 2 aromatic rings. The predicted octanol–water partition coefficient (Wildman–Crippen LogP) is 3.34. The van der Waals surface area contributed by atoms with Crippen molar-refractivity contribution < 1.29 is 0 Å². The minimum atomic E-state index is 0.820. The van der Waals surface area contributed by atoms with E-state index in [0.717, 1.165) is 40.8 Å². The number of nitrogens with two attached hydrogens (primary N) is 1. The van der Waals surface area contributed by atoms with Gasteiger partial charge >= 0.3 is 0 Å². The van der Waals surface area contributed by atoms with Gasteiger partial charge in [0.15, 0.2) is 0 Å². The predicted molar refractivity (Wildman–Crippen MR) is 74.3 cm³/mol. The van der Waals surface area contributed by atoms with Gasteiger partial charge in [0.25, 0.3) is 0 Å². The topological polar surface area (TPSA) is 50.9 Å². The van der Waals surface area contributed by atoms with Gasteiger partial charge in [-0.2, -0.15) is 0 Å². The van der Waals surface area contributed by atoms with Crippen LogP contribution in [-0.2, 0) is 0 Å². The highest BCUT2D eigenvalue weighted by Gasteiger charge is 2.06. The zero-order valence-corrected chi connectivity index (χ0v) is 10.5. The zero-order chi connectivity index (χ0) is 12.3. The Morgan fingerprint density at radius 2 is 2.18 bits per heavy atom. The number of anilines is 2. The van der Waals surface area contributed by atoms with Crippen molar-refractivity contribution in [3.8, 4) is 0 Å². The van der Waals surface area contributed by atoms with Gasteiger partial charge in [0, 0.05) is 29.2 Å². The molecule has 1 aromatic carbocycles. The number of nitrogens with zero attached hydrogens (tertiary/aromatic N) is 1. The molecule has 0 amide bonds. The summed E-state index contributed by atoms with van der Waals surface area (Å²) >= 11 is 0. The number of pyridine rings is 1. The van der Waals surface area contributed by atoms with Crippen molar-refractivity contribution in [1.82, 2.24) is 4.98 Å². The number of hydrogen-bond donors (Lipinski definition) is 2. The van der Waals surface area contributed by atoms with Gasteiger partial charge in [0.1, 0.15) is 5.82 Å². The largest absolute Gasteiger partial charge is 0.398 e. The fourth-order valence-corrected chi connectivity index (χ4v) is 2.03. The van der Waals surface area contributed by atoms with Crippen molar-refractivity contribution in [1.29, 1.82) is 0 Å². The molecule has 1 aromatic heterocycles. The number of aromatic nitrogens is 1. The lowest BCUT2D eigenvalue weighted by atomic mass is 10.1. The molecule has 1 heterocycles. The van der Waals surface area contributed by atoms with Crippen molar-refractivity contribution >= 4 is 22.3 Å². The first-order valence-corrected chi connectivity index (χ1v) is 6.11. The summed E-state index contributed by atoms with van der Waals surface area (Å²) in [6.07, 6.45) is 4.21. The summed E-state index contributed by atoms with van der Waals surface area (Å²) < 4.78 is 0. The van der Waals surface area contributed by atoms with Crippen LogP contribution in [0.2, 0.25) is 0 Å². The third-order valence-corrected chi connectivity index (χ3v) is 2.96. The highest BCUT2D eigenvalue weighted by Crippen LogP contribution is 2.28. The smallest absolute Gasteiger partial charge is 0.133 e. The normalized spacial score (nSPS) is 10.7. The molecule has 0 unspecified atom stereocenters. The Labute approximate surface area is 102 Å². The van der Waals surface area contributed by atoms with Gasteiger partial charge in [-0.05, 0) is 25.0 Å². The first kappa shape index (κ1) is 11.7. The number of nitrogen functional groups attached to an aromatic ring is 1. The molecule has 0 bridgehead atoms. The van der Waals surface area contributed by atoms with E-state index >= 15 is 0 Å². The average molecular weight is 229 g/mol. The molecular formula is C14H19N3. The van der Waals surface area contributed by atoms with Crippen LogP contribution in [0.5, 0.6) is 0 Å². The molecule has 0 fully saturated rings. The summed E-state index contributed by atoms with van der Waals surface area (Å²) in [5.41, 5.74) is 7.97. The number of aryl methyl sites for hydroxylation is 1. The van der Waals surface area contributed by atoms with E-state index in [4.69, 9.17) is 5.73 Å². The van der Waals surface area contributed by atoms with Gasteiger partial charge in [-0.15, -0.1) is 0 Å². The lowest BCUT2D eigenvalue weighted by Gasteiger charge is -2.11. The van der Waals surface area contributed by atoms with Gasteiger partial charge in [-0.3, -0.25) is 0 Å². The van der Waals surface area contributed by atoms with Crippen molar-refractivity contribution in [2.75, 3.05) is 17.6 Å². The molecule has 0 radical (unpaired) electrons. The molecular weight excluding hydrogens is 210 g/mol. The molecule has 0 aliphatic heterocycles. The van der Waals surface area contributed by atoms with Crippen LogP contribution < -0.4 is 11.1 Å². The molecule has 90 valence electrons. The Morgan fingerprint density at radius 3 is 2.94 bits per heavy atom. The molecule has 0 spiro atoms. The van der Waals surface area contributed by atoms with Crippen LogP contribution in [0.25, 0.3) is 10.8 Å². The molecule has 17 heavy (non-hydrogen) atoms. The molecule has 2 rings (SSSR count). The summed E-state index contributed by atoms with van der Waals surface area (Å²) in [5.74, 6) is 0.936. The maximum absolute atomic E-state index is 6.03. The van der Waals surface area contributed by atoms with Crippen LogP contribution in [0.15, 0.2) is 24.4 Å². The van der Waals surface area contributed by atoms with E-state index in [9.17, 15) is 0 Å². The first-order valence-electron chi connectivity index (χ1n) is 6.11. The standard InChI is InChI=1S/C14H19N3/c1-3-4-8-16-14-11-6-5-7-12(15)13(11)10(2)9-17-14/h5-7,9H,3-4,8,15H2,1-2H3,(H,16,17). The summed E-state index contributed by atoms with van der Waals surface area (Å²) in [6.45, 7) is 5.18. The molecule has 0 aliphatic carbocycles. The number of fused-ring (bicyclic) bond motifs is 1. The SMILES string of the molecule is CCCCNc1ncc(C)c2c(N)cccc12. The minimum absolute atomic E-state index is 0.820. The van der Waals surface area contributed by atoms with Crippen molar-refractivity contribution in [3.63, 3.8) is 0 Å². The molecule has 3 N–H and O–H groups in total. The van der Waals surface area contributed by atoms with E-state index in [1.54, 1.807) is 0 Å². The number of hydrogen-bond acceptors (Lipinski definition) is 3. The van der Waals surface area contributed by atoms with E-state index in [1.807, 2.05) is 25.3 Å². The van der Waals surface area contributed by atoms with Crippen LogP contribution in [0, 0.1) is 6.92 Å². The van der Waals surface area contributed by atoms with E-state index in [-0.39, 0.29) is 0 Å². The Kier molecular flexibility index (Phi) is 3.47. The first-order chi connectivity index (χ1) is 8.24. The van der Waals surface area contributed by atoms with Crippen LogP contribution in [-0.4, -0.2) is 11.5 Å². The van der Waals surface area contributed by atoms with E-state index < -0.39 is 0 Å². The Morgan fingerprint density at radius 1 is 1.35 bits per heavy atom. The second kappa shape index (κ2) is 5.04. The lowest BCUT2D eigenvalue weighted by molar-refractivity contribution is 0.832. The van der Waals surface area contributed by atoms with E-state index in [2.05, 4.69) is 23.3 Å². The Hall–Kier alpha value is -1.77. The monoisotopic (exact) mass is 229 g/mol. The lowest BCUT2D eigenvalue weighted by Crippen LogP contribution is -2.04. The Balaban J connectivity index is 2.44. The Bertz CT molecular complexity index is 512. The molecule has 0 aliphatic rings. The third-order valence-electron chi connectivity index (χ3n) is 2.96. The second-order valence-electron chi connectivity index (χ2n) is 4.34. The van der Waals surface area contributed by atoms with Crippen molar-refractivity contribution in [2.24, 2.45) is 0 Å². The summed E-state index contributed by atoms with van der Waals surface area (Å²) in [6, 6.07) is 5.98. The third kappa shape index (κ3) is 2.33. The van der Waals surface area contributed by atoms with Crippen molar-refractivity contribution in [2.45, 2.75) is 26.7 Å². The number of nitrogens with one attached hydrogen (secondary N) is 1. The molecule has 0 saturated carbocycles. The van der Waals surface area contributed by atoms with Crippen LogP contribution in [0.4, 0.5) is 11.5 Å². The minimum Gasteiger partial charge on any atom is -0.398 e. The highest BCUT2D eigenvalue weighted by atomic mass is 15.0.